The second kappa shape index (κ2) is 4.94. The SMILES string of the molecule is CCNc1ncnc(-c2cccs2)c1OC. The quantitative estimate of drug-likeness (QED) is 0.885. The van der Waals surface area contributed by atoms with E-state index in [1.54, 1.807) is 24.8 Å². The van der Waals surface area contributed by atoms with E-state index in [1.807, 2.05) is 24.4 Å². The average Bonchev–Trinajstić information content (AvgIpc) is 2.82. The van der Waals surface area contributed by atoms with Gasteiger partial charge >= 0.3 is 0 Å². The van der Waals surface area contributed by atoms with Crippen LogP contribution in [0.15, 0.2) is 23.8 Å². The largest absolute Gasteiger partial charge is 0.491 e. The summed E-state index contributed by atoms with van der Waals surface area (Å²) in [5.41, 5.74) is 0.837. The third kappa shape index (κ3) is 1.99. The fourth-order valence-electron chi connectivity index (χ4n) is 1.45. The zero-order valence-electron chi connectivity index (χ0n) is 9.23. The lowest BCUT2D eigenvalue weighted by molar-refractivity contribution is 0.415. The molecule has 0 aliphatic rings. The van der Waals surface area contributed by atoms with Crippen LogP contribution in [0, 0.1) is 0 Å². The first kappa shape index (κ1) is 10.9. The number of aromatic nitrogens is 2. The van der Waals surface area contributed by atoms with Gasteiger partial charge in [-0.1, -0.05) is 6.07 Å². The molecule has 0 aromatic carbocycles. The molecule has 5 heteroatoms. The average molecular weight is 235 g/mol. The van der Waals surface area contributed by atoms with Gasteiger partial charge in [-0.25, -0.2) is 9.97 Å². The number of ether oxygens (including phenoxy) is 1. The smallest absolute Gasteiger partial charge is 0.188 e. The predicted octanol–water partition coefficient (Wildman–Crippen LogP) is 2.65. The standard InChI is InChI=1S/C11H13N3OS/c1-3-12-11-10(15-2)9(13-7-14-11)8-5-4-6-16-8/h4-7H,3H2,1-2H3,(H,12,13,14). The Bertz CT molecular complexity index is 456. The molecule has 0 fully saturated rings. The van der Waals surface area contributed by atoms with Crippen LogP contribution in [0.4, 0.5) is 5.82 Å². The predicted molar refractivity (Wildman–Crippen MR) is 66.1 cm³/mol. The molecule has 16 heavy (non-hydrogen) atoms. The van der Waals surface area contributed by atoms with E-state index in [4.69, 9.17) is 4.74 Å². The minimum absolute atomic E-state index is 0.701. The minimum Gasteiger partial charge on any atom is -0.491 e. The van der Waals surface area contributed by atoms with Crippen molar-refractivity contribution < 1.29 is 4.74 Å². The lowest BCUT2D eigenvalue weighted by atomic mass is 10.3. The molecule has 0 saturated heterocycles. The van der Waals surface area contributed by atoms with E-state index in [2.05, 4.69) is 15.3 Å². The number of thiophene rings is 1. The summed E-state index contributed by atoms with van der Waals surface area (Å²) >= 11 is 1.63. The number of nitrogens with zero attached hydrogens (tertiary/aromatic N) is 2. The van der Waals surface area contributed by atoms with Crippen LogP contribution in [0.5, 0.6) is 5.75 Å². The molecule has 2 aromatic heterocycles. The lowest BCUT2D eigenvalue weighted by Crippen LogP contribution is -2.03. The molecule has 0 unspecified atom stereocenters. The molecular weight excluding hydrogens is 222 g/mol. The molecule has 2 aromatic rings. The summed E-state index contributed by atoms with van der Waals surface area (Å²) in [6, 6.07) is 4.01. The van der Waals surface area contributed by atoms with Crippen molar-refractivity contribution in [1.29, 1.82) is 0 Å². The third-order valence-corrected chi connectivity index (χ3v) is 2.98. The Morgan fingerprint density at radius 2 is 2.31 bits per heavy atom. The van der Waals surface area contributed by atoms with Gasteiger partial charge in [0.25, 0.3) is 0 Å². The summed E-state index contributed by atoms with van der Waals surface area (Å²) < 4.78 is 5.37. The van der Waals surface area contributed by atoms with Gasteiger partial charge in [-0.05, 0) is 18.4 Å². The van der Waals surface area contributed by atoms with Crippen LogP contribution in [0.1, 0.15) is 6.92 Å². The Hall–Kier alpha value is -1.62. The molecule has 0 aliphatic heterocycles. The van der Waals surface area contributed by atoms with Gasteiger partial charge in [-0.2, -0.15) is 0 Å². The van der Waals surface area contributed by atoms with Gasteiger partial charge in [0.2, 0.25) is 0 Å². The van der Waals surface area contributed by atoms with Gasteiger partial charge in [0.15, 0.2) is 11.6 Å². The van der Waals surface area contributed by atoms with Gasteiger partial charge < -0.3 is 10.1 Å². The number of anilines is 1. The Labute approximate surface area is 98.3 Å². The van der Waals surface area contributed by atoms with Gasteiger partial charge in [0, 0.05) is 6.54 Å². The molecule has 2 heterocycles. The van der Waals surface area contributed by atoms with Crippen LogP contribution >= 0.6 is 11.3 Å². The first-order valence-corrected chi connectivity index (χ1v) is 5.91. The van der Waals surface area contributed by atoms with E-state index in [-0.39, 0.29) is 0 Å². The normalized spacial score (nSPS) is 10.1. The molecule has 0 saturated carbocycles. The highest BCUT2D eigenvalue weighted by Gasteiger charge is 2.13. The fraction of sp³-hybridized carbons (Fsp3) is 0.273. The van der Waals surface area contributed by atoms with Gasteiger partial charge in [0.1, 0.15) is 12.0 Å². The Kier molecular flexibility index (Phi) is 3.36. The molecule has 84 valence electrons. The van der Waals surface area contributed by atoms with Crippen molar-refractivity contribution in [2.75, 3.05) is 19.0 Å². The van der Waals surface area contributed by atoms with Crippen molar-refractivity contribution in [3.05, 3.63) is 23.8 Å². The molecule has 0 atom stereocenters. The van der Waals surface area contributed by atoms with Crippen molar-refractivity contribution in [3.63, 3.8) is 0 Å². The highest BCUT2D eigenvalue weighted by molar-refractivity contribution is 7.13. The zero-order valence-corrected chi connectivity index (χ0v) is 10.0. The maximum atomic E-state index is 5.37. The fourth-order valence-corrected chi connectivity index (χ4v) is 2.17. The van der Waals surface area contributed by atoms with Crippen LogP contribution in [0.3, 0.4) is 0 Å². The summed E-state index contributed by atoms with van der Waals surface area (Å²) in [6.45, 7) is 2.82. The van der Waals surface area contributed by atoms with E-state index < -0.39 is 0 Å². The van der Waals surface area contributed by atoms with E-state index in [0.29, 0.717) is 5.75 Å². The molecule has 0 aliphatic carbocycles. The van der Waals surface area contributed by atoms with Crippen molar-refractivity contribution in [3.8, 4) is 16.3 Å². The zero-order chi connectivity index (χ0) is 11.4. The molecule has 2 rings (SSSR count). The second-order valence-corrected chi connectivity index (χ2v) is 4.06. The van der Waals surface area contributed by atoms with Crippen LogP contribution < -0.4 is 10.1 Å². The molecule has 1 N–H and O–H groups in total. The van der Waals surface area contributed by atoms with Crippen LogP contribution in [-0.2, 0) is 0 Å². The number of rotatable bonds is 4. The summed E-state index contributed by atoms with van der Waals surface area (Å²) in [5.74, 6) is 1.44. The van der Waals surface area contributed by atoms with Crippen molar-refractivity contribution in [2.24, 2.45) is 0 Å². The topological polar surface area (TPSA) is 47.0 Å². The second-order valence-electron chi connectivity index (χ2n) is 3.11. The monoisotopic (exact) mass is 235 g/mol. The first-order valence-electron chi connectivity index (χ1n) is 5.03. The first-order chi connectivity index (χ1) is 7.86. The van der Waals surface area contributed by atoms with Crippen LogP contribution in [-0.4, -0.2) is 23.6 Å². The van der Waals surface area contributed by atoms with E-state index in [9.17, 15) is 0 Å². The summed E-state index contributed by atoms with van der Waals surface area (Å²) in [6.07, 6.45) is 1.55. The van der Waals surface area contributed by atoms with Crippen molar-refractivity contribution in [1.82, 2.24) is 9.97 Å². The summed E-state index contributed by atoms with van der Waals surface area (Å²) in [5, 5.41) is 5.18. The highest BCUT2D eigenvalue weighted by Crippen LogP contribution is 2.34. The Morgan fingerprint density at radius 1 is 1.44 bits per heavy atom. The molecule has 0 bridgehead atoms. The number of methoxy groups -OCH3 is 1. The van der Waals surface area contributed by atoms with Gasteiger partial charge in [-0.15, -0.1) is 11.3 Å². The molecule has 4 nitrogen and oxygen atoms in total. The molecule has 0 spiro atoms. The van der Waals surface area contributed by atoms with E-state index in [1.165, 1.54) is 0 Å². The van der Waals surface area contributed by atoms with Crippen LogP contribution in [0.25, 0.3) is 10.6 Å². The minimum atomic E-state index is 0.701. The number of hydrogen-bond acceptors (Lipinski definition) is 5. The summed E-state index contributed by atoms with van der Waals surface area (Å²) in [4.78, 5) is 9.52. The van der Waals surface area contributed by atoms with E-state index in [0.717, 1.165) is 22.9 Å². The number of nitrogens with one attached hydrogen (secondary N) is 1. The Balaban J connectivity index is 2.49. The maximum absolute atomic E-state index is 5.37. The van der Waals surface area contributed by atoms with Crippen molar-refractivity contribution >= 4 is 17.2 Å². The Morgan fingerprint density at radius 3 is 2.94 bits per heavy atom. The molecule has 0 radical (unpaired) electrons. The third-order valence-electron chi connectivity index (χ3n) is 2.11. The van der Waals surface area contributed by atoms with Crippen LogP contribution in [0.2, 0.25) is 0 Å². The van der Waals surface area contributed by atoms with Gasteiger partial charge in [0.05, 0.1) is 12.0 Å². The van der Waals surface area contributed by atoms with E-state index >= 15 is 0 Å². The van der Waals surface area contributed by atoms with Crippen molar-refractivity contribution in [2.45, 2.75) is 6.92 Å². The summed E-state index contributed by atoms with van der Waals surface area (Å²) in [7, 11) is 1.64. The molecular formula is C11H13N3OS. The lowest BCUT2D eigenvalue weighted by Gasteiger charge is -2.10. The van der Waals surface area contributed by atoms with Gasteiger partial charge in [-0.3, -0.25) is 0 Å². The highest BCUT2D eigenvalue weighted by atomic mass is 32.1. The maximum Gasteiger partial charge on any atom is 0.188 e. The number of hydrogen-bond donors (Lipinski definition) is 1. The molecule has 0 amide bonds.